The lowest BCUT2D eigenvalue weighted by molar-refractivity contribution is 1.12. The summed E-state index contributed by atoms with van der Waals surface area (Å²) in [6.45, 7) is 4.01. The third kappa shape index (κ3) is 3.53. The highest BCUT2D eigenvalue weighted by Crippen LogP contribution is 2.37. The molecule has 6 heteroatoms. The van der Waals surface area contributed by atoms with E-state index in [1.807, 2.05) is 62.4 Å². The monoisotopic (exact) mass is 426 g/mol. The van der Waals surface area contributed by atoms with Crippen LogP contribution in [0.1, 0.15) is 19.4 Å². The first-order chi connectivity index (χ1) is 15.0. The molecule has 0 fully saturated rings. The molecule has 0 radical (unpaired) electrons. The van der Waals surface area contributed by atoms with Gasteiger partial charge in [0, 0.05) is 28.0 Å². The SMILES string of the molecule is CC(C)=Cc1cc(=O)[nH]c2nc(-c3ccccc3)c(-c3cc(Cl)c4[nH]ncc4c3)cc12. The van der Waals surface area contributed by atoms with Crippen molar-refractivity contribution >= 4 is 39.6 Å². The van der Waals surface area contributed by atoms with Gasteiger partial charge in [-0.1, -0.05) is 53.6 Å². The predicted molar refractivity (Wildman–Crippen MR) is 127 cm³/mol. The number of hydrogen-bond donors (Lipinski definition) is 2. The second-order valence-corrected chi connectivity index (χ2v) is 8.16. The number of aromatic amines is 2. The van der Waals surface area contributed by atoms with Gasteiger partial charge in [-0.15, -0.1) is 0 Å². The smallest absolute Gasteiger partial charge is 0.250 e. The zero-order valence-corrected chi connectivity index (χ0v) is 17.8. The number of rotatable bonds is 3. The van der Waals surface area contributed by atoms with E-state index in [9.17, 15) is 4.79 Å². The number of benzene rings is 2. The highest BCUT2D eigenvalue weighted by Gasteiger charge is 2.16. The maximum Gasteiger partial charge on any atom is 0.250 e. The Kier molecular flexibility index (Phi) is 4.68. The van der Waals surface area contributed by atoms with Gasteiger partial charge in [-0.25, -0.2) is 4.98 Å². The number of nitrogens with one attached hydrogen (secondary N) is 2. The molecule has 3 aromatic heterocycles. The van der Waals surface area contributed by atoms with Gasteiger partial charge in [0.05, 0.1) is 22.4 Å². The second-order valence-electron chi connectivity index (χ2n) is 7.75. The van der Waals surface area contributed by atoms with Crippen molar-refractivity contribution in [1.29, 1.82) is 0 Å². The molecule has 2 aromatic carbocycles. The Balaban J connectivity index is 1.89. The maximum absolute atomic E-state index is 12.3. The van der Waals surface area contributed by atoms with Gasteiger partial charge in [0.15, 0.2) is 0 Å². The summed E-state index contributed by atoms with van der Waals surface area (Å²) in [4.78, 5) is 20.1. The van der Waals surface area contributed by atoms with Crippen LogP contribution in [0.2, 0.25) is 5.02 Å². The van der Waals surface area contributed by atoms with Gasteiger partial charge in [-0.3, -0.25) is 9.89 Å². The van der Waals surface area contributed by atoms with Gasteiger partial charge in [-0.05, 0) is 43.2 Å². The summed E-state index contributed by atoms with van der Waals surface area (Å²) in [7, 11) is 0. The van der Waals surface area contributed by atoms with Gasteiger partial charge in [0.1, 0.15) is 5.65 Å². The van der Waals surface area contributed by atoms with E-state index in [0.717, 1.165) is 49.8 Å². The minimum Gasteiger partial charge on any atom is -0.307 e. The topological polar surface area (TPSA) is 74.4 Å². The van der Waals surface area contributed by atoms with E-state index < -0.39 is 0 Å². The Morgan fingerprint density at radius 1 is 1.03 bits per heavy atom. The number of aromatic nitrogens is 4. The average molecular weight is 427 g/mol. The van der Waals surface area contributed by atoms with Crippen LogP contribution in [-0.2, 0) is 0 Å². The molecule has 152 valence electrons. The van der Waals surface area contributed by atoms with Crippen molar-refractivity contribution in [1.82, 2.24) is 20.2 Å². The van der Waals surface area contributed by atoms with Crippen molar-refractivity contribution in [3.8, 4) is 22.4 Å². The van der Waals surface area contributed by atoms with Gasteiger partial charge in [0.25, 0.3) is 0 Å². The number of H-pyrrole nitrogens is 2. The zero-order valence-electron chi connectivity index (χ0n) is 17.0. The van der Waals surface area contributed by atoms with Crippen molar-refractivity contribution in [2.45, 2.75) is 13.8 Å². The number of fused-ring (bicyclic) bond motifs is 2. The van der Waals surface area contributed by atoms with E-state index in [1.54, 1.807) is 12.3 Å². The van der Waals surface area contributed by atoms with E-state index in [1.165, 1.54) is 0 Å². The van der Waals surface area contributed by atoms with E-state index in [4.69, 9.17) is 16.6 Å². The van der Waals surface area contributed by atoms with E-state index in [0.29, 0.717) is 10.7 Å². The summed E-state index contributed by atoms with van der Waals surface area (Å²) in [6, 6.07) is 17.6. The van der Waals surface area contributed by atoms with Crippen molar-refractivity contribution in [2.75, 3.05) is 0 Å². The van der Waals surface area contributed by atoms with Crippen LogP contribution < -0.4 is 5.56 Å². The number of nitrogens with zero attached hydrogens (tertiary/aromatic N) is 2. The number of allylic oxidation sites excluding steroid dienone is 1. The molecule has 0 atom stereocenters. The number of pyridine rings is 2. The predicted octanol–water partition coefficient (Wildman–Crippen LogP) is 6.21. The second kappa shape index (κ2) is 7.52. The first-order valence-corrected chi connectivity index (χ1v) is 10.3. The molecule has 0 unspecified atom stereocenters. The summed E-state index contributed by atoms with van der Waals surface area (Å²) < 4.78 is 0. The highest BCUT2D eigenvalue weighted by molar-refractivity contribution is 6.35. The molecule has 5 rings (SSSR count). The van der Waals surface area contributed by atoms with Crippen LogP contribution in [0.3, 0.4) is 0 Å². The van der Waals surface area contributed by atoms with E-state index >= 15 is 0 Å². The fourth-order valence-corrected chi connectivity index (χ4v) is 4.11. The Labute approximate surface area is 183 Å². The average Bonchev–Trinajstić information content (AvgIpc) is 3.22. The van der Waals surface area contributed by atoms with E-state index in [2.05, 4.69) is 21.2 Å². The number of halogens is 1. The Morgan fingerprint density at radius 3 is 2.61 bits per heavy atom. The van der Waals surface area contributed by atoms with Crippen LogP contribution in [0.5, 0.6) is 0 Å². The van der Waals surface area contributed by atoms with Crippen LogP contribution in [0.15, 0.2) is 71.2 Å². The Bertz CT molecular complexity index is 1530. The molecule has 0 bridgehead atoms. The maximum atomic E-state index is 12.3. The molecule has 3 heterocycles. The first kappa shape index (κ1) is 19.3. The molecular formula is C25H19ClN4O. The highest BCUT2D eigenvalue weighted by atomic mass is 35.5. The molecule has 0 aliphatic rings. The van der Waals surface area contributed by atoms with Crippen molar-refractivity contribution in [3.63, 3.8) is 0 Å². The molecule has 5 nitrogen and oxygen atoms in total. The third-order valence-electron chi connectivity index (χ3n) is 5.16. The molecular weight excluding hydrogens is 408 g/mol. The van der Waals surface area contributed by atoms with Crippen LogP contribution >= 0.6 is 11.6 Å². The van der Waals surface area contributed by atoms with Crippen LogP contribution in [0.25, 0.3) is 50.4 Å². The Morgan fingerprint density at radius 2 is 1.84 bits per heavy atom. The zero-order chi connectivity index (χ0) is 21.5. The summed E-state index contributed by atoms with van der Waals surface area (Å²) in [5.74, 6) is 0. The molecule has 0 saturated heterocycles. The Hall–Kier alpha value is -3.70. The standard InChI is InChI=1S/C25H19ClN4O/c1-14(2)8-16-11-22(31)28-25-20(16)12-19(23(29-25)15-6-4-3-5-7-15)17-9-18-13-27-30-24(18)21(26)10-17/h3-13H,1-2H3,(H,27,30)(H,28,29,31). The lowest BCUT2D eigenvalue weighted by atomic mass is 9.96. The van der Waals surface area contributed by atoms with Gasteiger partial charge < -0.3 is 4.98 Å². The summed E-state index contributed by atoms with van der Waals surface area (Å²) in [5.41, 5.74) is 6.70. The summed E-state index contributed by atoms with van der Waals surface area (Å²) in [6.07, 6.45) is 3.75. The molecule has 0 amide bonds. The van der Waals surface area contributed by atoms with Gasteiger partial charge >= 0.3 is 0 Å². The molecule has 31 heavy (non-hydrogen) atoms. The quantitative estimate of drug-likeness (QED) is 0.360. The van der Waals surface area contributed by atoms with Gasteiger partial charge in [-0.2, -0.15) is 5.10 Å². The van der Waals surface area contributed by atoms with E-state index in [-0.39, 0.29) is 5.56 Å². The number of hydrogen-bond acceptors (Lipinski definition) is 3. The lowest BCUT2D eigenvalue weighted by Crippen LogP contribution is -2.07. The summed E-state index contributed by atoms with van der Waals surface area (Å²) in [5, 5.41) is 9.44. The van der Waals surface area contributed by atoms with Crippen LogP contribution in [-0.4, -0.2) is 20.2 Å². The molecule has 0 saturated carbocycles. The molecule has 0 spiro atoms. The molecule has 0 aliphatic carbocycles. The largest absolute Gasteiger partial charge is 0.307 e. The first-order valence-electron chi connectivity index (χ1n) is 9.91. The fourth-order valence-electron chi connectivity index (χ4n) is 3.84. The normalized spacial score (nSPS) is 11.2. The van der Waals surface area contributed by atoms with Crippen molar-refractivity contribution in [3.05, 3.63) is 87.3 Å². The van der Waals surface area contributed by atoms with Crippen LogP contribution in [0, 0.1) is 0 Å². The molecule has 5 aromatic rings. The van der Waals surface area contributed by atoms with Crippen LogP contribution in [0.4, 0.5) is 0 Å². The molecule has 0 aliphatic heterocycles. The van der Waals surface area contributed by atoms with Crippen molar-refractivity contribution < 1.29 is 0 Å². The minimum absolute atomic E-state index is 0.179. The minimum atomic E-state index is -0.179. The summed E-state index contributed by atoms with van der Waals surface area (Å²) >= 11 is 6.54. The van der Waals surface area contributed by atoms with Crippen molar-refractivity contribution in [2.24, 2.45) is 0 Å². The lowest BCUT2D eigenvalue weighted by Gasteiger charge is -2.13. The molecule has 2 N–H and O–H groups in total. The fraction of sp³-hybridized carbons (Fsp3) is 0.0800. The van der Waals surface area contributed by atoms with Gasteiger partial charge in [0.2, 0.25) is 5.56 Å². The third-order valence-corrected chi connectivity index (χ3v) is 5.46.